The van der Waals surface area contributed by atoms with Crippen molar-refractivity contribution in [3.05, 3.63) is 29.0 Å². The van der Waals surface area contributed by atoms with Gasteiger partial charge in [0.15, 0.2) is 0 Å². The molecule has 0 bridgehead atoms. The number of hydrogen-bond donors (Lipinski definition) is 2. The van der Waals surface area contributed by atoms with E-state index >= 15 is 0 Å². The quantitative estimate of drug-likeness (QED) is 0.766. The Hall–Kier alpha value is -0.640. The first kappa shape index (κ1) is 10.4. The fourth-order valence-electron chi connectivity index (χ4n) is 0.873. The summed E-state index contributed by atoms with van der Waals surface area (Å²) in [7, 11) is 0. The molecule has 72 valence electrons. The first-order valence-corrected chi connectivity index (χ1v) is 4.64. The molecule has 3 N–H and O–H groups in total. The van der Waals surface area contributed by atoms with Crippen LogP contribution in [-0.4, -0.2) is 17.6 Å². The topological polar surface area (TPSA) is 50.9 Å². The molecule has 1 rings (SSSR count). The Labute approximate surface area is 83.3 Å². The van der Waals surface area contributed by atoms with Gasteiger partial charge < -0.3 is 11.1 Å². The smallest absolute Gasteiger partial charge is 0.0589 e. The molecule has 1 unspecified atom stereocenters. The molecule has 1 atom stereocenters. The van der Waals surface area contributed by atoms with Crippen LogP contribution < -0.4 is 11.1 Å². The van der Waals surface area contributed by atoms with E-state index in [9.17, 15) is 0 Å². The summed E-state index contributed by atoms with van der Waals surface area (Å²) in [5.74, 6) is 0. The van der Waals surface area contributed by atoms with E-state index in [2.05, 4.69) is 10.3 Å². The van der Waals surface area contributed by atoms with Crippen molar-refractivity contribution in [2.45, 2.75) is 19.5 Å². The molecule has 3 nitrogen and oxygen atoms in total. The van der Waals surface area contributed by atoms with Gasteiger partial charge in [0, 0.05) is 25.3 Å². The van der Waals surface area contributed by atoms with Crippen LogP contribution in [-0.2, 0) is 6.54 Å². The molecule has 0 saturated heterocycles. The highest BCUT2D eigenvalue weighted by atomic mass is 35.5. The number of pyridine rings is 1. The van der Waals surface area contributed by atoms with Crippen LogP contribution in [0.3, 0.4) is 0 Å². The predicted molar refractivity (Wildman–Crippen MR) is 54.6 cm³/mol. The van der Waals surface area contributed by atoms with E-state index in [1.807, 2.05) is 19.1 Å². The molecule has 1 aromatic rings. The average Bonchev–Trinajstić information content (AvgIpc) is 2.16. The van der Waals surface area contributed by atoms with E-state index in [0.29, 0.717) is 17.6 Å². The zero-order valence-electron chi connectivity index (χ0n) is 7.63. The number of rotatable bonds is 4. The number of nitrogens with two attached hydrogens (primary N) is 1. The molecule has 4 heteroatoms. The number of nitrogens with one attached hydrogen (secondary N) is 1. The van der Waals surface area contributed by atoms with Crippen molar-refractivity contribution in [2.75, 3.05) is 6.54 Å². The molecule has 13 heavy (non-hydrogen) atoms. The summed E-state index contributed by atoms with van der Waals surface area (Å²) in [5, 5.41) is 3.90. The molecule has 0 fully saturated rings. The SMILES string of the molecule is CC(CN)NCc1ccc(Cl)cn1. The Balaban J connectivity index is 2.41. The zero-order valence-corrected chi connectivity index (χ0v) is 8.38. The first-order chi connectivity index (χ1) is 6.22. The second kappa shape index (κ2) is 5.17. The van der Waals surface area contributed by atoms with Crippen LogP contribution in [0.25, 0.3) is 0 Å². The standard InChI is InChI=1S/C9H14ClN3/c1-7(4-11)12-6-9-3-2-8(10)5-13-9/h2-3,5,7,12H,4,6,11H2,1H3. The van der Waals surface area contributed by atoms with Crippen molar-refractivity contribution in [3.63, 3.8) is 0 Å². The van der Waals surface area contributed by atoms with E-state index in [1.54, 1.807) is 6.20 Å². The van der Waals surface area contributed by atoms with Crippen molar-refractivity contribution >= 4 is 11.6 Å². The fraction of sp³-hybridized carbons (Fsp3) is 0.444. The summed E-state index contributed by atoms with van der Waals surface area (Å²) in [6.45, 7) is 3.40. The van der Waals surface area contributed by atoms with Gasteiger partial charge in [-0.25, -0.2) is 0 Å². The number of nitrogens with zero attached hydrogens (tertiary/aromatic N) is 1. The Kier molecular flexibility index (Phi) is 4.15. The molecular formula is C9H14ClN3. The second-order valence-electron chi connectivity index (χ2n) is 2.99. The molecular weight excluding hydrogens is 186 g/mol. The van der Waals surface area contributed by atoms with Gasteiger partial charge in [-0.15, -0.1) is 0 Å². The van der Waals surface area contributed by atoms with Gasteiger partial charge in [-0.05, 0) is 19.1 Å². The summed E-state index contributed by atoms with van der Waals surface area (Å²) in [5.41, 5.74) is 6.43. The number of aromatic nitrogens is 1. The molecule has 0 spiro atoms. The van der Waals surface area contributed by atoms with E-state index in [1.165, 1.54) is 0 Å². The van der Waals surface area contributed by atoms with Gasteiger partial charge in [0.05, 0.1) is 10.7 Å². The van der Waals surface area contributed by atoms with Gasteiger partial charge in [0.2, 0.25) is 0 Å². The Morgan fingerprint density at radius 1 is 1.62 bits per heavy atom. The monoisotopic (exact) mass is 199 g/mol. The lowest BCUT2D eigenvalue weighted by atomic mass is 10.3. The lowest BCUT2D eigenvalue weighted by Crippen LogP contribution is -2.32. The van der Waals surface area contributed by atoms with Crippen LogP contribution in [0.1, 0.15) is 12.6 Å². The lowest BCUT2D eigenvalue weighted by Gasteiger charge is -2.10. The van der Waals surface area contributed by atoms with Crippen LogP contribution in [0, 0.1) is 0 Å². The first-order valence-electron chi connectivity index (χ1n) is 4.26. The van der Waals surface area contributed by atoms with Crippen molar-refractivity contribution in [3.8, 4) is 0 Å². The highest BCUT2D eigenvalue weighted by Crippen LogP contribution is 2.05. The number of halogens is 1. The molecule has 1 heterocycles. The normalized spacial score (nSPS) is 12.8. The third-order valence-electron chi connectivity index (χ3n) is 1.77. The van der Waals surface area contributed by atoms with Gasteiger partial charge in [0.1, 0.15) is 0 Å². The molecule has 0 aliphatic rings. The van der Waals surface area contributed by atoms with E-state index in [0.717, 1.165) is 12.2 Å². The summed E-state index contributed by atoms with van der Waals surface area (Å²) in [6, 6.07) is 4.05. The fourth-order valence-corrected chi connectivity index (χ4v) is 0.985. The Bertz CT molecular complexity index is 248. The summed E-state index contributed by atoms with van der Waals surface area (Å²) in [4.78, 5) is 4.15. The molecule has 0 aromatic carbocycles. The highest BCUT2D eigenvalue weighted by molar-refractivity contribution is 6.30. The predicted octanol–water partition coefficient (Wildman–Crippen LogP) is 1.17. The van der Waals surface area contributed by atoms with Gasteiger partial charge in [-0.3, -0.25) is 4.98 Å². The maximum Gasteiger partial charge on any atom is 0.0589 e. The van der Waals surface area contributed by atoms with E-state index < -0.39 is 0 Å². The maximum atomic E-state index is 5.70. The summed E-state index contributed by atoms with van der Waals surface area (Å²) in [6.07, 6.45) is 1.64. The largest absolute Gasteiger partial charge is 0.329 e. The lowest BCUT2D eigenvalue weighted by molar-refractivity contribution is 0.550. The van der Waals surface area contributed by atoms with Crippen molar-refractivity contribution in [1.82, 2.24) is 10.3 Å². The Morgan fingerprint density at radius 3 is 2.92 bits per heavy atom. The average molecular weight is 200 g/mol. The summed E-state index contributed by atoms with van der Waals surface area (Å²) >= 11 is 5.70. The summed E-state index contributed by atoms with van der Waals surface area (Å²) < 4.78 is 0. The highest BCUT2D eigenvalue weighted by Gasteiger charge is 1.98. The van der Waals surface area contributed by atoms with Gasteiger partial charge in [-0.1, -0.05) is 11.6 Å². The second-order valence-corrected chi connectivity index (χ2v) is 3.42. The Morgan fingerprint density at radius 2 is 2.38 bits per heavy atom. The molecule has 0 aliphatic heterocycles. The third kappa shape index (κ3) is 3.72. The molecule has 0 aliphatic carbocycles. The van der Waals surface area contributed by atoms with Gasteiger partial charge in [0.25, 0.3) is 0 Å². The van der Waals surface area contributed by atoms with Crippen LogP contribution in [0.15, 0.2) is 18.3 Å². The van der Waals surface area contributed by atoms with E-state index in [4.69, 9.17) is 17.3 Å². The van der Waals surface area contributed by atoms with Crippen LogP contribution >= 0.6 is 11.6 Å². The molecule has 0 radical (unpaired) electrons. The number of hydrogen-bond acceptors (Lipinski definition) is 3. The van der Waals surface area contributed by atoms with Crippen LogP contribution in [0.2, 0.25) is 5.02 Å². The van der Waals surface area contributed by atoms with Crippen molar-refractivity contribution < 1.29 is 0 Å². The minimum absolute atomic E-state index is 0.317. The molecule has 1 aromatic heterocycles. The zero-order chi connectivity index (χ0) is 9.68. The molecule has 0 amide bonds. The van der Waals surface area contributed by atoms with Crippen molar-refractivity contribution in [2.24, 2.45) is 5.73 Å². The van der Waals surface area contributed by atoms with Crippen molar-refractivity contribution in [1.29, 1.82) is 0 Å². The van der Waals surface area contributed by atoms with Gasteiger partial charge >= 0.3 is 0 Å². The molecule has 0 saturated carbocycles. The minimum Gasteiger partial charge on any atom is -0.329 e. The van der Waals surface area contributed by atoms with Gasteiger partial charge in [-0.2, -0.15) is 0 Å². The third-order valence-corrected chi connectivity index (χ3v) is 2.00. The maximum absolute atomic E-state index is 5.70. The van der Waals surface area contributed by atoms with Crippen LogP contribution in [0.4, 0.5) is 0 Å². The minimum atomic E-state index is 0.317. The van der Waals surface area contributed by atoms with E-state index in [-0.39, 0.29) is 0 Å². The van der Waals surface area contributed by atoms with Crippen LogP contribution in [0.5, 0.6) is 0 Å².